The standard InChI is InChI=1S/C18H28N2O3/c1-3-14-4-6-15(7-5-14)18(22)19-16-8-10-20(11-9-16)12-17(21)13-23-2/h4-7,16-17,21H,3,8-13H2,1-2H3,(H,19,22). The van der Waals surface area contributed by atoms with Crippen LogP contribution >= 0.6 is 0 Å². The second-order valence-electron chi connectivity index (χ2n) is 6.21. The molecule has 1 aliphatic heterocycles. The van der Waals surface area contributed by atoms with E-state index in [-0.39, 0.29) is 11.9 Å². The van der Waals surface area contributed by atoms with Crippen LogP contribution in [-0.2, 0) is 11.2 Å². The topological polar surface area (TPSA) is 61.8 Å². The van der Waals surface area contributed by atoms with Gasteiger partial charge in [0.25, 0.3) is 5.91 Å². The van der Waals surface area contributed by atoms with Crippen molar-refractivity contribution in [2.24, 2.45) is 0 Å². The van der Waals surface area contributed by atoms with Gasteiger partial charge in [-0.1, -0.05) is 19.1 Å². The third-order valence-electron chi connectivity index (χ3n) is 4.38. The lowest BCUT2D eigenvalue weighted by Crippen LogP contribution is -2.47. The zero-order chi connectivity index (χ0) is 16.7. The summed E-state index contributed by atoms with van der Waals surface area (Å²) in [6.45, 7) is 4.88. The first-order chi connectivity index (χ1) is 11.1. The van der Waals surface area contributed by atoms with Crippen molar-refractivity contribution in [3.8, 4) is 0 Å². The van der Waals surface area contributed by atoms with Crippen molar-refractivity contribution < 1.29 is 14.6 Å². The molecule has 0 radical (unpaired) electrons. The number of rotatable bonds is 7. The SMILES string of the molecule is CCc1ccc(C(=O)NC2CCN(CC(O)COC)CC2)cc1. The van der Waals surface area contributed by atoms with Gasteiger partial charge in [0.05, 0.1) is 12.7 Å². The van der Waals surface area contributed by atoms with Crippen LogP contribution in [0.1, 0.15) is 35.7 Å². The molecule has 1 unspecified atom stereocenters. The Hall–Kier alpha value is -1.43. The van der Waals surface area contributed by atoms with E-state index in [1.165, 1.54) is 5.56 Å². The molecule has 1 aliphatic rings. The summed E-state index contributed by atoms with van der Waals surface area (Å²) < 4.78 is 4.95. The highest BCUT2D eigenvalue weighted by Gasteiger charge is 2.22. The van der Waals surface area contributed by atoms with Gasteiger partial charge in [-0.2, -0.15) is 0 Å². The summed E-state index contributed by atoms with van der Waals surface area (Å²) in [7, 11) is 1.60. The van der Waals surface area contributed by atoms with E-state index in [1.807, 2.05) is 24.3 Å². The van der Waals surface area contributed by atoms with Gasteiger partial charge in [0.2, 0.25) is 0 Å². The lowest BCUT2D eigenvalue weighted by molar-refractivity contribution is 0.0309. The highest BCUT2D eigenvalue weighted by molar-refractivity contribution is 5.94. The normalized spacial score (nSPS) is 17.9. The number of nitrogens with zero attached hydrogens (tertiary/aromatic N) is 1. The fourth-order valence-electron chi connectivity index (χ4n) is 2.96. The quantitative estimate of drug-likeness (QED) is 0.798. The third-order valence-corrected chi connectivity index (χ3v) is 4.38. The van der Waals surface area contributed by atoms with Gasteiger partial charge in [-0.05, 0) is 37.0 Å². The molecule has 0 bridgehead atoms. The van der Waals surface area contributed by atoms with E-state index in [4.69, 9.17) is 4.74 Å². The van der Waals surface area contributed by atoms with Crippen LogP contribution in [0.25, 0.3) is 0 Å². The van der Waals surface area contributed by atoms with Crippen LogP contribution in [-0.4, -0.2) is 61.4 Å². The number of ether oxygens (including phenoxy) is 1. The summed E-state index contributed by atoms with van der Waals surface area (Å²) in [6, 6.07) is 8.02. The van der Waals surface area contributed by atoms with Crippen molar-refractivity contribution in [2.75, 3.05) is 33.4 Å². The number of aliphatic hydroxyl groups is 1. The van der Waals surface area contributed by atoms with Gasteiger partial charge in [0, 0.05) is 38.3 Å². The van der Waals surface area contributed by atoms with E-state index < -0.39 is 6.10 Å². The van der Waals surface area contributed by atoms with Crippen molar-refractivity contribution in [1.29, 1.82) is 0 Å². The number of nitrogens with one attached hydrogen (secondary N) is 1. The molecule has 0 saturated carbocycles. The van der Waals surface area contributed by atoms with Crippen LogP contribution in [0.4, 0.5) is 0 Å². The molecule has 0 aromatic heterocycles. The summed E-state index contributed by atoms with van der Waals surface area (Å²) in [6.07, 6.45) is 2.37. The summed E-state index contributed by atoms with van der Waals surface area (Å²) >= 11 is 0. The Kier molecular flexibility index (Phi) is 7.02. The molecule has 1 amide bonds. The Balaban J connectivity index is 1.76. The number of β-amino-alcohol motifs (C(OH)–C–C–N with tert-alkyl or cyclic N) is 1. The van der Waals surface area contributed by atoms with Gasteiger partial charge in [0.15, 0.2) is 0 Å². The molecular weight excluding hydrogens is 292 g/mol. The van der Waals surface area contributed by atoms with Crippen LogP contribution in [0.5, 0.6) is 0 Å². The van der Waals surface area contributed by atoms with Gasteiger partial charge in [-0.3, -0.25) is 4.79 Å². The Labute approximate surface area is 138 Å². The number of hydrogen-bond acceptors (Lipinski definition) is 4. The molecule has 0 spiro atoms. The Morgan fingerprint density at radius 1 is 1.35 bits per heavy atom. The molecule has 1 aromatic rings. The van der Waals surface area contributed by atoms with E-state index in [0.29, 0.717) is 13.2 Å². The number of amides is 1. The molecule has 5 nitrogen and oxygen atoms in total. The molecule has 1 fully saturated rings. The number of piperidine rings is 1. The molecule has 5 heteroatoms. The van der Waals surface area contributed by atoms with Crippen molar-refractivity contribution >= 4 is 5.91 Å². The van der Waals surface area contributed by atoms with E-state index in [1.54, 1.807) is 7.11 Å². The lowest BCUT2D eigenvalue weighted by atomic mass is 10.0. The number of aliphatic hydroxyl groups excluding tert-OH is 1. The molecule has 1 saturated heterocycles. The van der Waals surface area contributed by atoms with Crippen molar-refractivity contribution in [1.82, 2.24) is 10.2 Å². The van der Waals surface area contributed by atoms with Crippen molar-refractivity contribution in [2.45, 2.75) is 38.3 Å². The average Bonchev–Trinajstić information content (AvgIpc) is 2.57. The fourth-order valence-corrected chi connectivity index (χ4v) is 2.96. The first kappa shape index (κ1) is 17.9. The second kappa shape index (κ2) is 9.01. The van der Waals surface area contributed by atoms with Crippen LogP contribution in [0.15, 0.2) is 24.3 Å². The number of benzene rings is 1. The molecule has 1 atom stereocenters. The van der Waals surface area contributed by atoms with Gasteiger partial charge < -0.3 is 20.1 Å². The predicted molar refractivity (Wildman–Crippen MR) is 90.6 cm³/mol. The number of carbonyl (C=O) groups is 1. The van der Waals surface area contributed by atoms with Gasteiger partial charge in [0.1, 0.15) is 0 Å². The number of carbonyl (C=O) groups excluding carboxylic acids is 1. The monoisotopic (exact) mass is 320 g/mol. The molecule has 1 heterocycles. The Morgan fingerprint density at radius 2 is 2.00 bits per heavy atom. The fraction of sp³-hybridized carbons (Fsp3) is 0.611. The third kappa shape index (κ3) is 5.61. The molecule has 23 heavy (non-hydrogen) atoms. The van der Waals surface area contributed by atoms with Gasteiger partial charge in [-0.15, -0.1) is 0 Å². The van der Waals surface area contributed by atoms with Crippen LogP contribution < -0.4 is 5.32 Å². The minimum Gasteiger partial charge on any atom is -0.389 e. The number of hydrogen-bond donors (Lipinski definition) is 2. The van der Waals surface area contributed by atoms with Gasteiger partial charge >= 0.3 is 0 Å². The molecule has 0 aliphatic carbocycles. The molecule has 128 valence electrons. The highest BCUT2D eigenvalue weighted by atomic mass is 16.5. The molecule has 2 N–H and O–H groups in total. The minimum atomic E-state index is -0.441. The first-order valence-electron chi connectivity index (χ1n) is 8.41. The lowest BCUT2D eigenvalue weighted by Gasteiger charge is -2.33. The molecule has 1 aromatic carbocycles. The Morgan fingerprint density at radius 3 is 2.57 bits per heavy atom. The Bertz CT molecular complexity index is 482. The molecular formula is C18H28N2O3. The zero-order valence-corrected chi connectivity index (χ0v) is 14.1. The highest BCUT2D eigenvalue weighted by Crippen LogP contribution is 2.12. The number of methoxy groups -OCH3 is 1. The largest absolute Gasteiger partial charge is 0.389 e. The molecule has 2 rings (SSSR count). The van der Waals surface area contributed by atoms with Crippen LogP contribution in [0.3, 0.4) is 0 Å². The van der Waals surface area contributed by atoms with Gasteiger partial charge in [-0.25, -0.2) is 0 Å². The average molecular weight is 320 g/mol. The van der Waals surface area contributed by atoms with E-state index >= 15 is 0 Å². The summed E-state index contributed by atoms with van der Waals surface area (Å²) in [4.78, 5) is 14.5. The van der Waals surface area contributed by atoms with Crippen LogP contribution in [0.2, 0.25) is 0 Å². The van der Waals surface area contributed by atoms with E-state index in [9.17, 15) is 9.90 Å². The summed E-state index contributed by atoms with van der Waals surface area (Å²) in [5, 5.41) is 12.9. The van der Waals surface area contributed by atoms with E-state index in [2.05, 4.69) is 17.1 Å². The number of likely N-dealkylation sites (tertiary alicyclic amines) is 1. The predicted octanol–water partition coefficient (Wildman–Crippen LogP) is 1.45. The summed E-state index contributed by atoms with van der Waals surface area (Å²) in [5.41, 5.74) is 1.96. The number of aryl methyl sites for hydroxylation is 1. The van der Waals surface area contributed by atoms with E-state index in [0.717, 1.165) is 37.9 Å². The maximum absolute atomic E-state index is 12.3. The maximum atomic E-state index is 12.3. The van der Waals surface area contributed by atoms with Crippen LogP contribution in [0, 0.1) is 0 Å². The smallest absolute Gasteiger partial charge is 0.251 e. The summed E-state index contributed by atoms with van der Waals surface area (Å²) in [5.74, 6) is 0.00511. The maximum Gasteiger partial charge on any atom is 0.251 e. The minimum absolute atomic E-state index is 0.00511. The van der Waals surface area contributed by atoms with Crippen molar-refractivity contribution in [3.05, 3.63) is 35.4 Å². The van der Waals surface area contributed by atoms with Crippen molar-refractivity contribution in [3.63, 3.8) is 0 Å². The second-order valence-corrected chi connectivity index (χ2v) is 6.21. The first-order valence-corrected chi connectivity index (χ1v) is 8.41. The zero-order valence-electron chi connectivity index (χ0n) is 14.1.